The van der Waals surface area contributed by atoms with Crippen molar-refractivity contribution in [1.82, 2.24) is 10.6 Å². The first kappa shape index (κ1) is 45.8. The van der Waals surface area contributed by atoms with Crippen molar-refractivity contribution in [3.8, 4) is 33.8 Å². The molecule has 0 aliphatic heterocycles. The second-order valence-corrected chi connectivity index (χ2v) is 15.1. The summed E-state index contributed by atoms with van der Waals surface area (Å²) in [4.78, 5) is 47.8. The van der Waals surface area contributed by atoms with Gasteiger partial charge in [-0.05, 0) is 47.6 Å². The first-order chi connectivity index (χ1) is 28.7. The lowest BCUT2D eigenvalue weighted by atomic mass is 10.1. The Balaban J connectivity index is 1.29. The fourth-order valence-electron chi connectivity index (χ4n) is 5.36. The van der Waals surface area contributed by atoms with Crippen LogP contribution in [0.2, 0.25) is 0 Å². The van der Waals surface area contributed by atoms with E-state index in [1.165, 1.54) is 0 Å². The van der Waals surface area contributed by atoms with Crippen LogP contribution in [0.4, 0.5) is 9.59 Å². The first-order valence-electron chi connectivity index (χ1n) is 19.0. The zero-order valence-electron chi connectivity index (χ0n) is 32.8. The van der Waals surface area contributed by atoms with Crippen molar-refractivity contribution in [1.29, 1.82) is 0 Å². The van der Waals surface area contributed by atoms with Crippen molar-refractivity contribution in [3.05, 3.63) is 134 Å². The molecule has 3 N–H and O–H groups in total. The SMILES string of the molecule is C=CC(=O)OCCNC(=O)OC(COc1ccccc1-c1ccccc1)CSCCCSCC(COc1ccccc1-c1ccccc1)OC(=O)NCCC(=C)C(=O)O. The molecular formula is C45H50N2O10S2. The standard InChI is InChI=1S/C45H50N2O10S2/c1-3-42(48)53-26-25-47-45(52)57-37(30-55-41-22-13-11-20-39(41)35-17-8-5-9-18-35)32-59-28-14-27-58-31-36(56-44(51)46-24-23-33(2)43(49)50)29-54-40-21-12-10-19-38(40)34-15-6-4-7-16-34/h3-13,15-22,36-37H,1-2,14,23-32H2,(H,46,51)(H,47,52)(H,49,50). The Bertz CT molecular complexity index is 1950. The molecule has 4 rings (SSSR count). The number of esters is 1. The fourth-order valence-corrected chi connectivity index (χ4v) is 7.43. The largest absolute Gasteiger partial charge is 0.489 e. The van der Waals surface area contributed by atoms with Crippen LogP contribution in [0.3, 0.4) is 0 Å². The minimum atomic E-state index is -1.12. The third kappa shape index (κ3) is 17.3. The Kier molecular flexibility index (Phi) is 20.4. The summed E-state index contributed by atoms with van der Waals surface area (Å²) in [5.74, 6) is 2.04. The van der Waals surface area contributed by atoms with Crippen LogP contribution in [0.15, 0.2) is 134 Å². The number of carbonyl (C=O) groups excluding carboxylic acids is 3. The molecule has 0 aliphatic carbocycles. The Hall–Kier alpha value is -5.86. The normalized spacial score (nSPS) is 11.6. The molecular weight excluding hydrogens is 793 g/mol. The third-order valence-electron chi connectivity index (χ3n) is 8.31. The number of ether oxygens (including phenoxy) is 5. The van der Waals surface area contributed by atoms with Gasteiger partial charge in [0.2, 0.25) is 0 Å². The molecule has 59 heavy (non-hydrogen) atoms. The smallest absolute Gasteiger partial charge is 0.407 e. The van der Waals surface area contributed by atoms with Crippen molar-refractivity contribution >= 4 is 47.6 Å². The third-order valence-corrected chi connectivity index (χ3v) is 10.7. The van der Waals surface area contributed by atoms with Crippen LogP contribution in [-0.2, 0) is 23.8 Å². The van der Waals surface area contributed by atoms with E-state index in [0.717, 1.165) is 46.3 Å². The number of thioether (sulfide) groups is 2. The van der Waals surface area contributed by atoms with Gasteiger partial charge in [0, 0.05) is 40.8 Å². The molecule has 0 aliphatic rings. The van der Waals surface area contributed by atoms with Gasteiger partial charge in [0.05, 0.1) is 6.54 Å². The molecule has 0 spiro atoms. The summed E-state index contributed by atoms with van der Waals surface area (Å²) < 4.78 is 28.8. The van der Waals surface area contributed by atoms with E-state index in [0.29, 0.717) is 23.0 Å². The zero-order valence-corrected chi connectivity index (χ0v) is 34.4. The number of hydrogen-bond acceptors (Lipinski definition) is 11. The summed E-state index contributed by atoms with van der Waals surface area (Å²) in [5, 5.41) is 14.3. The van der Waals surface area contributed by atoms with Gasteiger partial charge in [-0.2, -0.15) is 23.5 Å². The summed E-state index contributed by atoms with van der Waals surface area (Å²) in [6.07, 6.45) is -0.580. The predicted molar refractivity (Wildman–Crippen MR) is 233 cm³/mol. The molecule has 0 heterocycles. The molecule has 0 radical (unpaired) electrons. The van der Waals surface area contributed by atoms with Crippen molar-refractivity contribution in [2.45, 2.75) is 25.0 Å². The number of carboxylic acid groups (broad SMARTS) is 1. The van der Waals surface area contributed by atoms with Gasteiger partial charge in [0.25, 0.3) is 0 Å². The van der Waals surface area contributed by atoms with Crippen LogP contribution in [0.1, 0.15) is 12.8 Å². The minimum Gasteiger partial charge on any atom is -0.489 e. The van der Waals surface area contributed by atoms with Crippen LogP contribution in [-0.4, -0.2) is 97.4 Å². The molecule has 2 unspecified atom stereocenters. The second kappa shape index (κ2) is 26.2. The van der Waals surface area contributed by atoms with E-state index in [-0.39, 0.29) is 44.9 Å². The summed E-state index contributed by atoms with van der Waals surface area (Å²) in [6, 6.07) is 35.0. The van der Waals surface area contributed by atoms with Gasteiger partial charge in [-0.3, -0.25) is 0 Å². The predicted octanol–water partition coefficient (Wildman–Crippen LogP) is 8.28. The number of alkyl carbamates (subject to hydrolysis) is 2. The highest BCUT2D eigenvalue weighted by atomic mass is 32.2. The van der Waals surface area contributed by atoms with Crippen LogP contribution < -0.4 is 20.1 Å². The van der Waals surface area contributed by atoms with Crippen molar-refractivity contribution < 1.29 is 48.0 Å². The summed E-state index contributed by atoms with van der Waals surface area (Å²) >= 11 is 3.23. The Labute approximate surface area is 353 Å². The molecule has 312 valence electrons. The van der Waals surface area contributed by atoms with Gasteiger partial charge in [-0.25, -0.2) is 19.2 Å². The molecule has 2 atom stereocenters. The van der Waals surface area contributed by atoms with E-state index >= 15 is 0 Å². The Morgan fingerprint density at radius 2 is 1.12 bits per heavy atom. The van der Waals surface area contributed by atoms with Crippen molar-refractivity contribution in [2.24, 2.45) is 0 Å². The number of para-hydroxylation sites is 2. The highest BCUT2D eigenvalue weighted by Gasteiger charge is 2.19. The number of rotatable bonds is 26. The van der Waals surface area contributed by atoms with Gasteiger partial charge in [0.15, 0.2) is 0 Å². The van der Waals surface area contributed by atoms with Crippen LogP contribution >= 0.6 is 23.5 Å². The Morgan fingerprint density at radius 3 is 1.59 bits per heavy atom. The molecule has 0 saturated carbocycles. The second-order valence-electron chi connectivity index (χ2n) is 12.8. The number of aliphatic carboxylic acids is 1. The van der Waals surface area contributed by atoms with Gasteiger partial charge in [-0.1, -0.05) is 110 Å². The lowest BCUT2D eigenvalue weighted by molar-refractivity contribution is -0.137. The number of carboxylic acids is 1. The van der Waals surface area contributed by atoms with Gasteiger partial charge < -0.3 is 39.4 Å². The highest BCUT2D eigenvalue weighted by Crippen LogP contribution is 2.31. The lowest BCUT2D eigenvalue weighted by Crippen LogP contribution is -2.35. The molecule has 14 heteroatoms. The average molecular weight is 843 g/mol. The zero-order chi connectivity index (χ0) is 42.1. The van der Waals surface area contributed by atoms with Gasteiger partial charge in [-0.15, -0.1) is 0 Å². The number of hydrogen-bond donors (Lipinski definition) is 3. The maximum atomic E-state index is 12.7. The average Bonchev–Trinajstić information content (AvgIpc) is 3.26. The summed E-state index contributed by atoms with van der Waals surface area (Å²) in [6.45, 7) is 7.19. The Morgan fingerprint density at radius 1 is 0.661 bits per heavy atom. The van der Waals surface area contributed by atoms with E-state index < -0.39 is 36.3 Å². The summed E-state index contributed by atoms with van der Waals surface area (Å²) in [5.41, 5.74) is 3.81. The van der Waals surface area contributed by atoms with Crippen LogP contribution in [0.25, 0.3) is 22.3 Å². The van der Waals surface area contributed by atoms with E-state index in [1.807, 2.05) is 109 Å². The first-order valence-corrected chi connectivity index (χ1v) is 21.3. The molecule has 2 amide bonds. The van der Waals surface area contributed by atoms with E-state index in [4.69, 9.17) is 28.8 Å². The molecule has 4 aromatic carbocycles. The molecule has 4 aromatic rings. The molecule has 0 fully saturated rings. The topological polar surface area (TPSA) is 159 Å². The van der Waals surface area contributed by atoms with Crippen molar-refractivity contribution in [2.75, 3.05) is 55.9 Å². The molecule has 0 bridgehead atoms. The maximum absolute atomic E-state index is 12.7. The number of nitrogens with one attached hydrogen (secondary N) is 2. The monoisotopic (exact) mass is 842 g/mol. The van der Waals surface area contributed by atoms with Crippen LogP contribution in [0, 0.1) is 0 Å². The minimum absolute atomic E-state index is 0.0121. The number of carbonyl (C=O) groups is 4. The quantitative estimate of drug-likeness (QED) is 0.0241. The maximum Gasteiger partial charge on any atom is 0.407 e. The molecule has 0 aromatic heterocycles. The molecule has 0 saturated heterocycles. The summed E-state index contributed by atoms with van der Waals surface area (Å²) in [7, 11) is 0. The number of amides is 2. The fraction of sp³-hybridized carbons (Fsp3) is 0.289. The highest BCUT2D eigenvalue weighted by molar-refractivity contribution is 8.00. The number of benzene rings is 4. The lowest BCUT2D eigenvalue weighted by Gasteiger charge is -2.20. The van der Waals surface area contributed by atoms with E-state index in [1.54, 1.807) is 23.5 Å². The van der Waals surface area contributed by atoms with Gasteiger partial charge in [0.1, 0.15) is 43.5 Å². The van der Waals surface area contributed by atoms with E-state index in [9.17, 15) is 19.2 Å². The molecule has 12 nitrogen and oxygen atoms in total. The van der Waals surface area contributed by atoms with E-state index in [2.05, 4.69) is 23.8 Å². The van der Waals surface area contributed by atoms with Gasteiger partial charge >= 0.3 is 24.1 Å². The van der Waals surface area contributed by atoms with Crippen molar-refractivity contribution in [3.63, 3.8) is 0 Å². The van der Waals surface area contributed by atoms with Crippen LogP contribution in [0.5, 0.6) is 11.5 Å².